The van der Waals surface area contributed by atoms with E-state index in [-0.39, 0.29) is 23.4 Å². The Bertz CT molecular complexity index is 922. The molecule has 11 heteroatoms. The summed E-state index contributed by atoms with van der Waals surface area (Å²) in [6.07, 6.45) is -0.904. The standard InChI is InChI=1S/C18H18F3N5O3/c1-2-3-11-4-5-13(29-18(19,20)21)8-14(11)16-24-25-17(28-16)15(27)23-12-6-7-26(9-12)10-22/h4-5,8,12H,2-3,6-7,9H2,1H3,(H,23,27). The zero-order chi connectivity index (χ0) is 21.0. The number of aryl methyl sites for hydroxylation is 1. The minimum atomic E-state index is -4.83. The van der Waals surface area contributed by atoms with E-state index in [1.165, 1.54) is 17.0 Å². The molecule has 1 aromatic heterocycles. The minimum absolute atomic E-state index is 0.0729. The molecule has 0 saturated carbocycles. The minimum Gasteiger partial charge on any atom is -0.412 e. The van der Waals surface area contributed by atoms with Crippen molar-refractivity contribution < 1.29 is 27.1 Å². The van der Waals surface area contributed by atoms with E-state index in [0.717, 1.165) is 12.5 Å². The Morgan fingerprint density at radius 1 is 1.45 bits per heavy atom. The molecule has 0 bridgehead atoms. The molecule has 1 atom stereocenters. The molecule has 1 fully saturated rings. The van der Waals surface area contributed by atoms with Crippen LogP contribution < -0.4 is 10.1 Å². The van der Waals surface area contributed by atoms with Gasteiger partial charge in [0, 0.05) is 24.7 Å². The summed E-state index contributed by atoms with van der Waals surface area (Å²) in [5.41, 5.74) is 0.967. The van der Waals surface area contributed by atoms with Gasteiger partial charge in [0.1, 0.15) is 5.75 Å². The number of carbonyl (C=O) groups is 1. The third kappa shape index (κ3) is 5.16. The van der Waals surface area contributed by atoms with Crippen molar-refractivity contribution in [3.63, 3.8) is 0 Å². The third-order valence-electron chi connectivity index (χ3n) is 4.35. The van der Waals surface area contributed by atoms with E-state index in [2.05, 4.69) is 20.3 Å². The maximum Gasteiger partial charge on any atom is 0.573 e. The van der Waals surface area contributed by atoms with Gasteiger partial charge in [-0.25, -0.2) is 0 Å². The first-order valence-corrected chi connectivity index (χ1v) is 8.97. The molecule has 154 valence electrons. The molecule has 0 spiro atoms. The van der Waals surface area contributed by atoms with Crippen LogP contribution in [0.2, 0.25) is 0 Å². The fourth-order valence-corrected chi connectivity index (χ4v) is 3.08. The molecule has 0 radical (unpaired) electrons. The number of nitrogens with zero attached hydrogens (tertiary/aromatic N) is 4. The predicted octanol–water partition coefficient (Wildman–Crippen LogP) is 2.87. The molecular formula is C18H18F3N5O3. The summed E-state index contributed by atoms with van der Waals surface area (Å²) in [6.45, 7) is 2.85. The number of nitrogens with one attached hydrogen (secondary N) is 1. The fourth-order valence-electron chi connectivity index (χ4n) is 3.08. The van der Waals surface area contributed by atoms with Crippen LogP contribution in [0, 0.1) is 11.5 Å². The van der Waals surface area contributed by atoms with Crippen LogP contribution in [0.5, 0.6) is 5.75 Å². The third-order valence-corrected chi connectivity index (χ3v) is 4.35. The van der Waals surface area contributed by atoms with Gasteiger partial charge in [-0.05, 0) is 30.5 Å². The highest BCUT2D eigenvalue weighted by Gasteiger charge is 2.32. The molecule has 2 aromatic rings. The van der Waals surface area contributed by atoms with Crippen LogP contribution >= 0.6 is 0 Å². The molecule has 3 rings (SSSR count). The normalized spacial score (nSPS) is 16.5. The number of benzene rings is 1. The molecule has 1 amide bonds. The maximum absolute atomic E-state index is 12.5. The Kier molecular flexibility index (Phi) is 5.91. The van der Waals surface area contributed by atoms with Crippen molar-refractivity contribution in [3.05, 3.63) is 29.7 Å². The van der Waals surface area contributed by atoms with Gasteiger partial charge in [0.15, 0.2) is 6.19 Å². The van der Waals surface area contributed by atoms with E-state index in [4.69, 9.17) is 9.68 Å². The number of hydrogen-bond donors (Lipinski definition) is 1. The van der Waals surface area contributed by atoms with Crippen LogP contribution in [-0.4, -0.2) is 46.5 Å². The van der Waals surface area contributed by atoms with Crippen molar-refractivity contribution in [2.24, 2.45) is 0 Å². The summed E-state index contributed by atoms with van der Waals surface area (Å²) < 4.78 is 47.0. The molecule has 1 aromatic carbocycles. The van der Waals surface area contributed by atoms with Gasteiger partial charge < -0.3 is 19.4 Å². The molecule has 29 heavy (non-hydrogen) atoms. The first kappa shape index (κ1) is 20.4. The highest BCUT2D eigenvalue weighted by Crippen LogP contribution is 2.31. The zero-order valence-corrected chi connectivity index (χ0v) is 15.5. The van der Waals surface area contributed by atoms with Gasteiger partial charge in [0.2, 0.25) is 5.89 Å². The monoisotopic (exact) mass is 409 g/mol. The highest BCUT2D eigenvalue weighted by atomic mass is 19.4. The van der Waals surface area contributed by atoms with Gasteiger partial charge in [-0.1, -0.05) is 19.4 Å². The highest BCUT2D eigenvalue weighted by molar-refractivity contribution is 5.90. The first-order chi connectivity index (χ1) is 13.8. The van der Waals surface area contributed by atoms with E-state index >= 15 is 0 Å². The first-order valence-electron chi connectivity index (χ1n) is 8.97. The van der Waals surface area contributed by atoms with Gasteiger partial charge in [-0.2, -0.15) is 5.26 Å². The molecule has 2 heterocycles. The van der Waals surface area contributed by atoms with Crippen molar-refractivity contribution >= 4 is 5.91 Å². The van der Waals surface area contributed by atoms with E-state index in [1.54, 1.807) is 0 Å². The summed E-state index contributed by atoms with van der Waals surface area (Å²) >= 11 is 0. The quantitative estimate of drug-likeness (QED) is 0.732. The molecule has 1 aliphatic heterocycles. The van der Waals surface area contributed by atoms with Crippen LogP contribution in [0.1, 0.15) is 36.0 Å². The largest absolute Gasteiger partial charge is 0.573 e. The Morgan fingerprint density at radius 2 is 2.24 bits per heavy atom. The SMILES string of the molecule is CCCc1ccc(OC(F)(F)F)cc1-c1nnc(C(=O)NC2CCN(C#N)C2)o1. The van der Waals surface area contributed by atoms with E-state index in [1.807, 2.05) is 13.1 Å². The number of amides is 1. The molecule has 8 nitrogen and oxygen atoms in total. The predicted molar refractivity (Wildman–Crippen MR) is 93.5 cm³/mol. The second kappa shape index (κ2) is 8.38. The molecule has 1 N–H and O–H groups in total. The average molecular weight is 409 g/mol. The van der Waals surface area contributed by atoms with Gasteiger partial charge in [0.25, 0.3) is 0 Å². The lowest BCUT2D eigenvalue weighted by Gasteiger charge is -2.12. The number of alkyl halides is 3. The summed E-state index contributed by atoms with van der Waals surface area (Å²) in [5, 5.41) is 19.1. The van der Waals surface area contributed by atoms with Gasteiger partial charge in [0.05, 0.1) is 0 Å². The smallest absolute Gasteiger partial charge is 0.412 e. The van der Waals surface area contributed by atoms with Gasteiger partial charge in [-0.3, -0.25) is 4.79 Å². The lowest BCUT2D eigenvalue weighted by molar-refractivity contribution is -0.274. The molecule has 1 saturated heterocycles. The topological polar surface area (TPSA) is 104 Å². The van der Waals surface area contributed by atoms with Crippen LogP contribution in [0.4, 0.5) is 13.2 Å². The zero-order valence-electron chi connectivity index (χ0n) is 15.5. The fraction of sp³-hybridized carbons (Fsp3) is 0.444. The lowest BCUT2D eigenvalue weighted by atomic mass is 10.0. The second-order valence-electron chi connectivity index (χ2n) is 6.53. The van der Waals surface area contributed by atoms with Crippen LogP contribution in [0.3, 0.4) is 0 Å². The number of halogens is 3. The van der Waals surface area contributed by atoms with Crippen molar-refractivity contribution in [3.8, 4) is 23.4 Å². The number of ether oxygens (including phenoxy) is 1. The molecular weight excluding hydrogens is 391 g/mol. The van der Waals surface area contributed by atoms with E-state index < -0.39 is 18.0 Å². The van der Waals surface area contributed by atoms with Gasteiger partial charge in [-0.15, -0.1) is 23.4 Å². The second-order valence-corrected chi connectivity index (χ2v) is 6.53. The van der Waals surface area contributed by atoms with Gasteiger partial charge >= 0.3 is 18.2 Å². The summed E-state index contributed by atoms with van der Waals surface area (Å²) in [4.78, 5) is 13.8. The number of aromatic nitrogens is 2. The Hall–Kier alpha value is -3.29. The summed E-state index contributed by atoms with van der Waals surface area (Å²) in [5.74, 6) is -1.40. The van der Waals surface area contributed by atoms with E-state index in [0.29, 0.717) is 31.5 Å². The van der Waals surface area contributed by atoms with Crippen molar-refractivity contribution in [1.29, 1.82) is 5.26 Å². The average Bonchev–Trinajstić information content (AvgIpc) is 3.31. The van der Waals surface area contributed by atoms with Crippen LogP contribution in [0.25, 0.3) is 11.5 Å². The number of carbonyl (C=O) groups excluding carboxylic acids is 1. The Balaban J connectivity index is 1.80. The van der Waals surface area contributed by atoms with Crippen molar-refractivity contribution in [2.45, 2.75) is 38.6 Å². The van der Waals surface area contributed by atoms with E-state index in [9.17, 15) is 18.0 Å². The van der Waals surface area contributed by atoms with Crippen molar-refractivity contribution in [1.82, 2.24) is 20.4 Å². The summed E-state index contributed by atoms with van der Waals surface area (Å²) in [6, 6.07) is 3.65. The molecule has 1 aliphatic rings. The maximum atomic E-state index is 12.5. The molecule has 0 aliphatic carbocycles. The summed E-state index contributed by atoms with van der Waals surface area (Å²) in [7, 11) is 0. The number of likely N-dealkylation sites (tertiary alicyclic amines) is 1. The Morgan fingerprint density at radius 3 is 2.90 bits per heavy atom. The number of nitriles is 1. The number of rotatable bonds is 6. The van der Waals surface area contributed by atoms with Crippen LogP contribution in [0.15, 0.2) is 22.6 Å². The van der Waals surface area contributed by atoms with Crippen molar-refractivity contribution in [2.75, 3.05) is 13.1 Å². The molecule has 1 unspecified atom stereocenters. The lowest BCUT2D eigenvalue weighted by Crippen LogP contribution is -2.36. The van der Waals surface area contributed by atoms with Crippen LogP contribution in [-0.2, 0) is 6.42 Å². The Labute approximate surface area is 164 Å². The number of hydrogen-bond acceptors (Lipinski definition) is 7.